The maximum absolute atomic E-state index is 13.2. The molecule has 1 aromatic carbocycles. The van der Waals surface area contributed by atoms with Crippen LogP contribution >= 0.6 is 23.2 Å². The third-order valence-corrected chi connectivity index (χ3v) is 8.42. The number of nitrogens with zero attached hydrogens (tertiary/aromatic N) is 3. The van der Waals surface area contributed by atoms with Crippen molar-refractivity contribution >= 4 is 46.7 Å². The number of rotatable bonds is 3. The third kappa shape index (κ3) is 4.23. The SMILES string of the molecule is C[C@H]1C(=O)N2C(CN1C(=O)Nc1ccc(Cl)c(Cl)c1)OC[C@@H]2CC(=O)N1CCC2(CC2)[C@H](O)C1. The lowest BCUT2D eigenvalue weighted by atomic mass is 9.90. The summed E-state index contributed by atoms with van der Waals surface area (Å²) >= 11 is 12.0. The molecular formula is C23H28Cl2N4O5. The number of piperidine rings is 1. The average molecular weight is 511 g/mol. The van der Waals surface area contributed by atoms with Gasteiger partial charge in [0.05, 0.1) is 35.3 Å². The lowest BCUT2D eigenvalue weighted by Gasteiger charge is -2.42. The van der Waals surface area contributed by atoms with Crippen molar-refractivity contribution < 1.29 is 24.2 Å². The van der Waals surface area contributed by atoms with Crippen molar-refractivity contribution in [3.63, 3.8) is 0 Å². The Labute approximate surface area is 207 Å². The van der Waals surface area contributed by atoms with E-state index in [-0.39, 0.29) is 42.8 Å². The lowest BCUT2D eigenvalue weighted by molar-refractivity contribution is -0.151. The number of urea groups is 1. The number of anilines is 1. The summed E-state index contributed by atoms with van der Waals surface area (Å²) in [5, 5.41) is 13.9. The lowest BCUT2D eigenvalue weighted by Crippen LogP contribution is -2.63. The van der Waals surface area contributed by atoms with Crippen LogP contribution in [0.15, 0.2) is 18.2 Å². The van der Waals surface area contributed by atoms with E-state index in [0.29, 0.717) is 28.8 Å². The van der Waals surface area contributed by atoms with Gasteiger partial charge in [-0.25, -0.2) is 4.79 Å². The number of ether oxygens (including phenoxy) is 1. The van der Waals surface area contributed by atoms with E-state index >= 15 is 0 Å². The maximum atomic E-state index is 13.2. The Morgan fingerprint density at radius 1 is 1.21 bits per heavy atom. The van der Waals surface area contributed by atoms with Gasteiger partial charge >= 0.3 is 6.03 Å². The number of hydrogen-bond acceptors (Lipinski definition) is 5. The molecule has 0 bridgehead atoms. The Hall–Kier alpha value is -2.07. The fourth-order valence-electron chi connectivity index (χ4n) is 5.26. The zero-order valence-electron chi connectivity index (χ0n) is 18.9. The van der Waals surface area contributed by atoms with Gasteiger partial charge in [0, 0.05) is 25.2 Å². The van der Waals surface area contributed by atoms with E-state index in [1.165, 1.54) is 4.90 Å². The predicted molar refractivity (Wildman–Crippen MR) is 126 cm³/mol. The number of carbonyl (C=O) groups excluding carboxylic acids is 3. The molecule has 1 aromatic rings. The van der Waals surface area contributed by atoms with Crippen molar-refractivity contribution in [3.05, 3.63) is 28.2 Å². The van der Waals surface area contributed by atoms with Gasteiger partial charge in [0.15, 0.2) is 6.23 Å². The zero-order chi connectivity index (χ0) is 24.2. The molecule has 0 radical (unpaired) electrons. The van der Waals surface area contributed by atoms with Crippen LogP contribution < -0.4 is 5.32 Å². The molecule has 3 heterocycles. The van der Waals surface area contributed by atoms with Gasteiger partial charge in [-0.3, -0.25) is 9.59 Å². The molecule has 4 amide bonds. The summed E-state index contributed by atoms with van der Waals surface area (Å²) in [7, 11) is 0. The van der Waals surface area contributed by atoms with Crippen LogP contribution in [0.2, 0.25) is 10.0 Å². The normalized spacial score (nSPS) is 29.9. The molecule has 3 aliphatic heterocycles. The summed E-state index contributed by atoms with van der Waals surface area (Å²) in [5.74, 6) is -0.338. The number of benzene rings is 1. The van der Waals surface area contributed by atoms with E-state index in [1.54, 1.807) is 34.9 Å². The van der Waals surface area contributed by atoms with E-state index in [2.05, 4.69) is 5.32 Å². The fraction of sp³-hybridized carbons (Fsp3) is 0.609. The van der Waals surface area contributed by atoms with Crippen molar-refractivity contribution in [1.29, 1.82) is 0 Å². The minimum atomic E-state index is -0.718. The third-order valence-electron chi connectivity index (χ3n) is 7.68. The number of nitrogens with one attached hydrogen (secondary N) is 1. The molecule has 1 spiro atoms. The molecule has 1 saturated carbocycles. The van der Waals surface area contributed by atoms with Gasteiger partial charge in [-0.05, 0) is 49.8 Å². The highest BCUT2D eigenvalue weighted by atomic mass is 35.5. The smallest absolute Gasteiger partial charge is 0.322 e. The summed E-state index contributed by atoms with van der Waals surface area (Å²) in [6.07, 6.45) is 1.95. The first kappa shape index (κ1) is 23.7. The molecule has 34 heavy (non-hydrogen) atoms. The number of carbonyl (C=O) groups is 3. The van der Waals surface area contributed by atoms with Crippen LogP contribution in [0.25, 0.3) is 0 Å². The van der Waals surface area contributed by atoms with Crippen LogP contribution in [0.1, 0.15) is 32.6 Å². The van der Waals surface area contributed by atoms with Crippen LogP contribution in [0, 0.1) is 5.41 Å². The molecule has 0 aromatic heterocycles. The molecule has 1 aliphatic carbocycles. The first-order chi connectivity index (χ1) is 16.2. The van der Waals surface area contributed by atoms with Gasteiger partial charge in [-0.2, -0.15) is 0 Å². The number of β-amino-alcohol motifs (C(OH)–C–C–N with tert-alkyl or cyclic N) is 1. The van der Waals surface area contributed by atoms with E-state index in [0.717, 1.165) is 19.3 Å². The maximum Gasteiger partial charge on any atom is 0.322 e. The summed E-state index contributed by atoms with van der Waals surface area (Å²) in [4.78, 5) is 43.8. The molecule has 1 unspecified atom stereocenters. The highest BCUT2D eigenvalue weighted by molar-refractivity contribution is 6.42. The average Bonchev–Trinajstić information content (AvgIpc) is 3.48. The highest BCUT2D eigenvalue weighted by Crippen LogP contribution is 2.53. The van der Waals surface area contributed by atoms with Gasteiger partial charge in [-0.1, -0.05) is 23.2 Å². The number of aliphatic hydroxyl groups excluding tert-OH is 1. The summed E-state index contributed by atoms with van der Waals surface area (Å²) in [5.41, 5.74) is 0.492. The predicted octanol–water partition coefficient (Wildman–Crippen LogP) is 2.55. The second-order valence-corrected chi connectivity index (χ2v) is 10.6. The topological polar surface area (TPSA) is 102 Å². The zero-order valence-corrected chi connectivity index (χ0v) is 20.4. The quantitative estimate of drug-likeness (QED) is 0.650. The minimum absolute atomic E-state index is 0.0258. The Balaban J connectivity index is 1.20. The van der Waals surface area contributed by atoms with Crippen LogP contribution in [0.3, 0.4) is 0 Å². The van der Waals surface area contributed by atoms with E-state index < -0.39 is 24.4 Å². The molecule has 4 fully saturated rings. The second kappa shape index (κ2) is 8.86. The van der Waals surface area contributed by atoms with Crippen molar-refractivity contribution in [2.24, 2.45) is 5.41 Å². The van der Waals surface area contributed by atoms with Gasteiger partial charge in [-0.15, -0.1) is 0 Å². The van der Waals surface area contributed by atoms with Gasteiger partial charge in [0.2, 0.25) is 11.8 Å². The number of piperazine rings is 1. The molecule has 11 heteroatoms. The molecule has 4 atom stereocenters. The monoisotopic (exact) mass is 510 g/mol. The van der Waals surface area contributed by atoms with Crippen molar-refractivity contribution in [2.75, 3.05) is 31.6 Å². The minimum Gasteiger partial charge on any atom is -0.391 e. The summed E-state index contributed by atoms with van der Waals surface area (Å²) < 4.78 is 5.83. The fourth-order valence-corrected chi connectivity index (χ4v) is 5.56. The van der Waals surface area contributed by atoms with Gasteiger partial charge in [0.1, 0.15) is 6.04 Å². The van der Waals surface area contributed by atoms with Gasteiger partial charge < -0.3 is 29.9 Å². The van der Waals surface area contributed by atoms with E-state index in [1.807, 2.05) is 0 Å². The molecule has 2 N–H and O–H groups in total. The molecule has 9 nitrogen and oxygen atoms in total. The number of likely N-dealkylation sites (tertiary alicyclic amines) is 1. The number of fused-ring (bicyclic) bond motifs is 1. The van der Waals surface area contributed by atoms with Crippen molar-refractivity contribution in [2.45, 2.75) is 57.0 Å². The van der Waals surface area contributed by atoms with Gasteiger partial charge in [0.25, 0.3) is 0 Å². The molecule has 4 aliphatic rings. The molecule has 184 valence electrons. The molecular weight excluding hydrogens is 483 g/mol. The number of hydrogen-bond donors (Lipinski definition) is 2. The number of aliphatic hydroxyl groups is 1. The molecule has 3 saturated heterocycles. The number of halogens is 2. The first-order valence-electron chi connectivity index (χ1n) is 11.6. The van der Waals surface area contributed by atoms with Crippen molar-refractivity contribution in [3.8, 4) is 0 Å². The highest BCUT2D eigenvalue weighted by Gasteiger charge is 2.52. The van der Waals surface area contributed by atoms with Crippen LogP contribution in [-0.4, -0.2) is 88.3 Å². The standard InChI is InChI=1S/C23H28Cl2N4O5/c1-13-21(32)29-15(9-19(31)27-7-6-23(4-5-23)18(30)10-27)12-34-20(29)11-28(13)22(33)26-14-2-3-16(24)17(25)8-14/h2-3,8,13,15,18,20,30H,4-7,9-12H2,1H3,(H,26,33)/t13-,15-,18+,20?/m0/s1. The van der Waals surface area contributed by atoms with Crippen LogP contribution in [0.4, 0.5) is 10.5 Å². The van der Waals surface area contributed by atoms with E-state index in [9.17, 15) is 19.5 Å². The Kier molecular flexibility index (Phi) is 6.16. The van der Waals surface area contributed by atoms with Crippen LogP contribution in [0.5, 0.6) is 0 Å². The summed E-state index contributed by atoms with van der Waals surface area (Å²) in [6, 6.07) is 3.20. The first-order valence-corrected chi connectivity index (χ1v) is 12.4. The largest absolute Gasteiger partial charge is 0.391 e. The Morgan fingerprint density at radius 2 is 1.97 bits per heavy atom. The number of amides is 4. The molecule has 5 rings (SSSR count). The Bertz CT molecular complexity index is 1020. The van der Waals surface area contributed by atoms with Crippen molar-refractivity contribution in [1.82, 2.24) is 14.7 Å². The Morgan fingerprint density at radius 3 is 2.65 bits per heavy atom. The van der Waals surface area contributed by atoms with E-state index in [4.69, 9.17) is 27.9 Å². The second-order valence-electron chi connectivity index (χ2n) is 9.75. The van der Waals surface area contributed by atoms with Crippen LogP contribution in [-0.2, 0) is 14.3 Å². The summed E-state index contributed by atoms with van der Waals surface area (Å²) in [6.45, 7) is 3.08.